The molecule has 0 aliphatic carbocycles. The molecule has 4 atom stereocenters. The predicted molar refractivity (Wildman–Crippen MR) is 140 cm³/mol. The van der Waals surface area contributed by atoms with Crippen molar-refractivity contribution in [3.8, 4) is 22.4 Å². The molecule has 4 unspecified atom stereocenters. The molecule has 36 heavy (non-hydrogen) atoms. The summed E-state index contributed by atoms with van der Waals surface area (Å²) in [5, 5.41) is 19.2. The number of nitrogens with zero attached hydrogens (tertiary/aromatic N) is 1. The Morgan fingerprint density at radius 2 is 1.78 bits per heavy atom. The zero-order chi connectivity index (χ0) is 26.6. The van der Waals surface area contributed by atoms with Gasteiger partial charge in [-0.1, -0.05) is 50.2 Å². The van der Waals surface area contributed by atoms with E-state index in [0.717, 1.165) is 5.56 Å². The summed E-state index contributed by atoms with van der Waals surface area (Å²) in [5.41, 5.74) is 4.01. The van der Waals surface area contributed by atoms with Gasteiger partial charge in [0.25, 0.3) is 0 Å². The highest BCUT2D eigenvalue weighted by Gasteiger charge is 2.56. The molecule has 0 amide bonds. The van der Waals surface area contributed by atoms with Gasteiger partial charge in [0, 0.05) is 24.8 Å². The van der Waals surface area contributed by atoms with Gasteiger partial charge in [0.2, 0.25) is 8.03 Å². The van der Waals surface area contributed by atoms with Crippen LogP contribution in [0.5, 0.6) is 0 Å². The summed E-state index contributed by atoms with van der Waals surface area (Å²) in [5.74, 6) is -2.70. The maximum absolute atomic E-state index is 14.0. The molecule has 8 heteroatoms. The zero-order valence-corrected chi connectivity index (χ0v) is 22.2. The summed E-state index contributed by atoms with van der Waals surface area (Å²) >= 11 is 0. The van der Waals surface area contributed by atoms with Gasteiger partial charge in [0.05, 0.1) is 11.8 Å². The van der Waals surface area contributed by atoms with Crippen LogP contribution in [0.25, 0.3) is 22.4 Å². The first-order valence-corrected chi connectivity index (χ1v) is 13.2. The fraction of sp³-hybridized carbons (Fsp3) is 0.357. The second-order valence-corrected chi connectivity index (χ2v) is 11.3. The topological polar surface area (TPSA) is 96.7 Å². The number of carbonyl (C=O) groups is 1. The van der Waals surface area contributed by atoms with E-state index < -0.39 is 31.2 Å². The van der Waals surface area contributed by atoms with Gasteiger partial charge in [-0.15, -0.1) is 0 Å². The van der Waals surface area contributed by atoms with E-state index >= 15 is 0 Å². The minimum Gasteiger partial charge on any atom is -0.480 e. The number of aryl methyl sites for hydroxylation is 1. The number of rotatable bonds is 10. The molecule has 3 rings (SSSR count). The number of aliphatic carboxylic acids is 1. The van der Waals surface area contributed by atoms with Crippen molar-refractivity contribution in [3.05, 3.63) is 77.7 Å². The Morgan fingerprint density at radius 3 is 2.31 bits per heavy atom. The lowest BCUT2D eigenvalue weighted by atomic mass is 9.75. The fourth-order valence-corrected chi connectivity index (χ4v) is 6.30. The highest BCUT2D eigenvalue weighted by atomic mass is 31.1. The van der Waals surface area contributed by atoms with Crippen LogP contribution in [0.1, 0.15) is 44.2 Å². The number of halogens is 1. The van der Waals surface area contributed by atoms with Crippen molar-refractivity contribution in [2.75, 3.05) is 7.11 Å². The lowest BCUT2D eigenvalue weighted by Crippen LogP contribution is -2.50. The molecule has 0 aliphatic rings. The van der Waals surface area contributed by atoms with Crippen LogP contribution in [0.2, 0.25) is 0 Å². The summed E-state index contributed by atoms with van der Waals surface area (Å²) in [6.07, 6.45) is 0.413. The molecule has 6 nitrogen and oxygen atoms in total. The highest BCUT2D eigenvalue weighted by molar-refractivity contribution is 7.42. The second kappa shape index (κ2) is 11.5. The van der Waals surface area contributed by atoms with E-state index in [0.29, 0.717) is 34.4 Å². The van der Waals surface area contributed by atoms with Gasteiger partial charge in [-0.25, -0.2) is 4.39 Å². The van der Waals surface area contributed by atoms with Crippen molar-refractivity contribution in [1.29, 1.82) is 0 Å². The molecule has 0 aliphatic heterocycles. The monoisotopic (exact) mass is 513 g/mol. The van der Waals surface area contributed by atoms with Crippen molar-refractivity contribution in [1.82, 2.24) is 4.98 Å². The number of carboxylic acids is 1. The SMILES string of the molecule is CO[PH](=O)C(C(=O)O)(C(C)O)C(CC(C)C)c1cnc(-c2ccccc2)cc1-c1ccc(F)cc1C. The van der Waals surface area contributed by atoms with Gasteiger partial charge >= 0.3 is 5.97 Å². The average molecular weight is 514 g/mol. The van der Waals surface area contributed by atoms with Crippen LogP contribution < -0.4 is 0 Å². The zero-order valence-electron chi connectivity index (χ0n) is 21.2. The van der Waals surface area contributed by atoms with Crippen molar-refractivity contribution in [3.63, 3.8) is 0 Å². The Labute approximate surface area is 212 Å². The molecule has 0 fully saturated rings. The van der Waals surface area contributed by atoms with E-state index in [1.807, 2.05) is 50.2 Å². The molecule has 1 aromatic heterocycles. The van der Waals surface area contributed by atoms with Crippen LogP contribution in [0.4, 0.5) is 4.39 Å². The first-order chi connectivity index (χ1) is 17.0. The quantitative estimate of drug-likeness (QED) is 0.308. The molecule has 1 heterocycles. The van der Waals surface area contributed by atoms with Gasteiger partial charge in [0.1, 0.15) is 5.82 Å². The van der Waals surface area contributed by atoms with Gasteiger partial charge in [-0.3, -0.25) is 14.3 Å². The minimum absolute atomic E-state index is 0.00454. The molecule has 0 bridgehead atoms. The summed E-state index contributed by atoms with van der Waals surface area (Å²) in [4.78, 5) is 17.5. The van der Waals surface area contributed by atoms with Crippen LogP contribution in [0.15, 0.2) is 60.8 Å². The summed E-state index contributed by atoms with van der Waals surface area (Å²) in [6.45, 7) is 6.97. The third-order valence-corrected chi connectivity index (χ3v) is 8.68. The molecule has 3 aromatic rings. The van der Waals surface area contributed by atoms with Gasteiger partial charge in [0.15, 0.2) is 5.16 Å². The number of pyridine rings is 1. The van der Waals surface area contributed by atoms with Crippen LogP contribution in [-0.4, -0.2) is 39.5 Å². The Balaban J connectivity index is 2.41. The third-order valence-electron chi connectivity index (χ3n) is 6.65. The Morgan fingerprint density at radius 1 is 1.11 bits per heavy atom. The normalized spacial score (nSPS) is 15.8. The van der Waals surface area contributed by atoms with Crippen LogP contribution in [0, 0.1) is 18.7 Å². The second-order valence-electron chi connectivity index (χ2n) is 9.51. The molecular weight excluding hydrogens is 480 g/mol. The van der Waals surface area contributed by atoms with E-state index in [1.165, 1.54) is 26.2 Å². The number of carboxylic acid groups (broad SMARTS) is 1. The maximum Gasteiger partial charge on any atom is 0.322 e. The molecular formula is C28H33FNO5P. The number of hydrogen-bond donors (Lipinski definition) is 2. The average Bonchev–Trinajstić information content (AvgIpc) is 2.83. The molecule has 2 N–H and O–H groups in total. The van der Waals surface area contributed by atoms with Crippen LogP contribution in [0.3, 0.4) is 0 Å². The fourth-order valence-electron chi connectivity index (χ4n) is 4.89. The Kier molecular flexibility index (Phi) is 8.83. The minimum atomic E-state index is -3.28. The Hall–Kier alpha value is -2.86. The van der Waals surface area contributed by atoms with Crippen molar-refractivity contribution in [2.24, 2.45) is 5.92 Å². The standard InChI is InChI=1S/C28H33FNO5P/c1-17(2)13-25(28(19(4)31,27(32)33)36(34)35-5)24-16-30-26(20-9-7-6-8-10-20)15-23(24)22-12-11-21(29)14-18(22)3/h6-12,14-17,19,25,31,36H,13H2,1-5H3,(H,32,33). The lowest BCUT2D eigenvalue weighted by Gasteiger charge is -2.40. The summed E-state index contributed by atoms with van der Waals surface area (Å²) < 4.78 is 32.5. The molecule has 2 aromatic carbocycles. The van der Waals surface area contributed by atoms with Gasteiger partial charge in [-0.2, -0.15) is 0 Å². The van der Waals surface area contributed by atoms with E-state index in [4.69, 9.17) is 4.52 Å². The third kappa shape index (κ3) is 5.29. The molecule has 0 saturated heterocycles. The number of aromatic nitrogens is 1. The largest absolute Gasteiger partial charge is 0.480 e. The van der Waals surface area contributed by atoms with Crippen molar-refractivity contribution in [2.45, 2.75) is 51.3 Å². The van der Waals surface area contributed by atoms with Gasteiger partial charge in [-0.05, 0) is 66.6 Å². The van der Waals surface area contributed by atoms with Crippen LogP contribution in [-0.2, 0) is 13.9 Å². The number of aliphatic hydroxyl groups excluding tert-OH is 1. The molecule has 192 valence electrons. The molecule has 0 spiro atoms. The van der Waals surface area contributed by atoms with Crippen molar-refractivity contribution >= 4 is 14.0 Å². The molecule has 0 saturated carbocycles. The molecule has 0 radical (unpaired) electrons. The van der Waals surface area contributed by atoms with Crippen LogP contribution >= 0.6 is 8.03 Å². The summed E-state index contributed by atoms with van der Waals surface area (Å²) in [7, 11) is -2.09. The maximum atomic E-state index is 14.0. The van der Waals surface area contributed by atoms with E-state index in [-0.39, 0.29) is 11.7 Å². The van der Waals surface area contributed by atoms with E-state index in [1.54, 1.807) is 19.2 Å². The van der Waals surface area contributed by atoms with Gasteiger partial charge < -0.3 is 14.7 Å². The Bertz CT molecular complexity index is 1250. The first kappa shape index (κ1) is 27.7. The first-order valence-electron chi connectivity index (χ1n) is 11.9. The van der Waals surface area contributed by atoms with Crippen molar-refractivity contribution < 1.29 is 28.5 Å². The smallest absolute Gasteiger partial charge is 0.322 e. The van der Waals surface area contributed by atoms with E-state index in [2.05, 4.69) is 4.98 Å². The highest BCUT2D eigenvalue weighted by Crippen LogP contribution is 2.55. The number of benzene rings is 2. The van der Waals surface area contributed by atoms with E-state index in [9.17, 15) is 24.0 Å². The number of hydrogen-bond acceptors (Lipinski definition) is 5. The summed E-state index contributed by atoms with van der Waals surface area (Å²) in [6, 6.07) is 15.8. The number of aliphatic hydroxyl groups is 1. The lowest BCUT2D eigenvalue weighted by molar-refractivity contribution is -0.144. The predicted octanol–water partition coefficient (Wildman–Crippen LogP) is 6.32.